The van der Waals surface area contributed by atoms with Crippen LogP contribution in [-0.4, -0.2) is 15.4 Å². The Hall–Kier alpha value is -1.01. The van der Waals surface area contributed by atoms with E-state index in [0.717, 1.165) is 26.7 Å². The summed E-state index contributed by atoms with van der Waals surface area (Å²) in [5.74, 6) is 2.21. The minimum Gasteiger partial charge on any atom is -0.391 e. The monoisotopic (exact) mass is 281 g/mol. The second-order valence-electron chi connectivity index (χ2n) is 4.44. The average molecular weight is 281 g/mol. The van der Waals surface area contributed by atoms with Gasteiger partial charge < -0.3 is 10.3 Å². The predicted molar refractivity (Wildman–Crippen MR) is 75.6 cm³/mol. The SMILES string of the molecule is Nc1ccc(-c2nc(CSC3CCCC3)no2)s1. The average Bonchev–Trinajstić information content (AvgIpc) is 3.07. The molecule has 2 aromatic rings. The maximum Gasteiger partial charge on any atom is 0.268 e. The first-order valence-electron chi connectivity index (χ1n) is 6.11. The lowest BCUT2D eigenvalue weighted by Gasteiger charge is -2.04. The number of thiophene rings is 1. The van der Waals surface area contributed by atoms with Gasteiger partial charge in [-0.15, -0.1) is 11.3 Å². The van der Waals surface area contributed by atoms with Crippen molar-refractivity contribution in [3.05, 3.63) is 18.0 Å². The van der Waals surface area contributed by atoms with Crippen molar-refractivity contribution in [2.45, 2.75) is 36.7 Å². The third-order valence-corrected chi connectivity index (χ3v) is 5.33. The maximum absolute atomic E-state index is 5.69. The van der Waals surface area contributed by atoms with Gasteiger partial charge in [-0.1, -0.05) is 18.0 Å². The molecule has 0 unspecified atom stereocenters. The first kappa shape index (κ1) is 12.0. The molecule has 0 aromatic carbocycles. The summed E-state index contributed by atoms with van der Waals surface area (Å²) in [4.78, 5) is 5.35. The number of nitrogen functional groups attached to an aromatic ring is 1. The van der Waals surface area contributed by atoms with Crippen LogP contribution in [0.3, 0.4) is 0 Å². The van der Waals surface area contributed by atoms with E-state index in [-0.39, 0.29) is 0 Å². The Morgan fingerprint density at radius 2 is 2.22 bits per heavy atom. The summed E-state index contributed by atoms with van der Waals surface area (Å²) in [6.07, 6.45) is 5.39. The van der Waals surface area contributed by atoms with E-state index in [0.29, 0.717) is 5.89 Å². The Kier molecular flexibility index (Phi) is 3.56. The van der Waals surface area contributed by atoms with E-state index in [4.69, 9.17) is 10.3 Å². The number of nitrogens with zero attached hydrogens (tertiary/aromatic N) is 2. The van der Waals surface area contributed by atoms with E-state index < -0.39 is 0 Å². The topological polar surface area (TPSA) is 64.9 Å². The quantitative estimate of drug-likeness (QED) is 0.928. The van der Waals surface area contributed by atoms with Crippen molar-refractivity contribution in [2.75, 3.05) is 5.73 Å². The van der Waals surface area contributed by atoms with Crippen molar-refractivity contribution in [3.63, 3.8) is 0 Å². The molecule has 0 atom stereocenters. The fraction of sp³-hybridized carbons (Fsp3) is 0.500. The summed E-state index contributed by atoms with van der Waals surface area (Å²) in [6.45, 7) is 0. The summed E-state index contributed by atoms with van der Waals surface area (Å²) in [7, 11) is 0. The molecular weight excluding hydrogens is 266 g/mol. The summed E-state index contributed by atoms with van der Waals surface area (Å²) < 4.78 is 5.26. The van der Waals surface area contributed by atoms with Crippen molar-refractivity contribution in [1.82, 2.24) is 10.1 Å². The van der Waals surface area contributed by atoms with Crippen LogP contribution in [0.4, 0.5) is 5.00 Å². The lowest BCUT2D eigenvalue weighted by molar-refractivity contribution is 0.426. The van der Waals surface area contributed by atoms with Gasteiger partial charge in [0.1, 0.15) is 0 Å². The van der Waals surface area contributed by atoms with Gasteiger partial charge in [0.15, 0.2) is 5.82 Å². The lowest BCUT2D eigenvalue weighted by Crippen LogP contribution is -1.95. The molecule has 2 aromatic heterocycles. The van der Waals surface area contributed by atoms with Crippen LogP contribution in [0, 0.1) is 0 Å². The highest BCUT2D eigenvalue weighted by Gasteiger charge is 2.17. The molecule has 0 bridgehead atoms. The molecule has 6 heteroatoms. The second kappa shape index (κ2) is 5.32. The summed E-state index contributed by atoms with van der Waals surface area (Å²) in [6, 6.07) is 3.78. The molecule has 2 N–H and O–H groups in total. The van der Waals surface area contributed by atoms with Crippen LogP contribution in [0.15, 0.2) is 16.7 Å². The van der Waals surface area contributed by atoms with Crippen molar-refractivity contribution in [1.29, 1.82) is 0 Å². The zero-order chi connectivity index (χ0) is 12.4. The molecule has 1 aliphatic rings. The Bertz CT molecular complexity index is 517. The molecule has 0 radical (unpaired) electrons. The van der Waals surface area contributed by atoms with Gasteiger partial charge in [0.25, 0.3) is 5.89 Å². The molecule has 96 valence electrons. The molecule has 2 heterocycles. The van der Waals surface area contributed by atoms with E-state index in [1.807, 2.05) is 23.9 Å². The molecule has 1 saturated carbocycles. The van der Waals surface area contributed by atoms with Crippen LogP contribution in [0.2, 0.25) is 0 Å². The van der Waals surface area contributed by atoms with Crippen LogP contribution < -0.4 is 5.73 Å². The Morgan fingerprint density at radius 1 is 1.39 bits per heavy atom. The van der Waals surface area contributed by atoms with E-state index in [2.05, 4.69) is 10.1 Å². The molecule has 0 amide bonds. The zero-order valence-corrected chi connectivity index (χ0v) is 11.6. The van der Waals surface area contributed by atoms with Crippen LogP contribution in [0.1, 0.15) is 31.5 Å². The molecule has 0 saturated heterocycles. The van der Waals surface area contributed by atoms with Crippen LogP contribution in [0.25, 0.3) is 10.8 Å². The van der Waals surface area contributed by atoms with Gasteiger partial charge in [0, 0.05) is 5.25 Å². The fourth-order valence-electron chi connectivity index (χ4n) is 2.13. The second-order valence-corrected chi connectivity index (χ2v) is 6.84. The minimum absolute atomic E-state index is 0.582. The fourth-order valence-corrected chi connectivity index (χ4v) is 3.99. The summed E-state index contributed by atoms with van der Waals surface area (Å²) in [5, 5.41) is 5.57. The highest BCUT2D eigenvalue weighted by molar-refractivity contribution is 7.99. The number of hydrogen-bond acceptors (Lipinski definition) is 6. The van der Waals surface area contributed by atoms with Gasteiger partial charge >= 0.3 is 0 Å². The van der Waals surface area contributed by atoms with Crippen molar-refractivity contribution in [3.8, 4) is 10.8 Å². The van der Waals surface area contributed by atoms with E-state index >= 15 is 0 Å². The predicted octanol–water partition coefficient (Wildman–Crippen LogP) is 3.56. The maximum atomic E-state index is 5.69. The summed E-state index contributed by atoms with van der Waals surface area (Å²) in [5.41, 5.74) is 5.69. The number of anilines is 1. The standard InChI is InChI=1S/C12H15N3OS2/c13-10-6-5-9(18-10)12-14-11(15-16-12)7-17-8-3-1-2-4-8/h5-6,8H,1-4,7,13H2. The van der Waals surface area contributed by atoms with Gasteiger partial charge in [-0.25, -0.2) is 0 Å². The molecule has 1 aliphatic carbocycles. The normalized spacial score (nSPS) is 16.4. The number of rotatable bonds is 4. The molecule has 4 nitrogen and oxygen atoms in total. The number of thioether (sulfide) groups is 1. The van der Waals surface area contributed by atoms with Gasteiger partial charge in [0.2, 0.25) is 0 Å². The van der Waals surface area contributed by atoms with E-state index in [1.165, 1.54) is 37.0 Å². The number of aromatic nitrogens is 2. The van der Waals surface area contributed by atoms with Crippen LogP contribution in [-0.2, 0) is 5.75 Å². The molecule has 3 rings (SSSR count). The Morgan fingerprint density at radius 3 is 2.94 bits per heavy atom. The highest BCUT2D eigenvalue weighted by Crippen LogP contribution is 2.32. The van der Waals surface area contributed by atoms with Gasteiger partial charge in [-0.3, -0.25) is 0 Å². The van der Waals surface area contributed by atoms with Crippen molar-refractivity contribution in [2.24, 2.45) is 0 Å². The highest BCUT2D eigenvalue weighted by atomic mass is 32.2. The first-order valence-corrected chi connectivity index (χ1v) is 7.97. The van der Waals surface area contributed by atoms with Crippen LogP contribution >= 0.6 is 23.1 Å². The Labute approximate surface area is 114 Å². The van der Waals surface area contributed by atoms with E-state index in [9.17, 15) is 0 Å². The third-order valence-electron chi connectivity index (χ3n) is 3.06. The van der Waals surface area contributed by atoms with Gasteiger partial charge in [-0.05, 0) is 25.0 Å². The summed E-state index contributed by atoms with van der Waals surface area (Å²) >= 11 is 3.42. The van der Waals surface area contributed by atoms with Gasteiger partial charge in [-0.2, -0.15) is 16.7 Å². The largest absolute Gasteiger partial charge is 0.391 e. The smallest absolute Gasteiger partial charge is 0.268 e. The molecule has 1 fully saturated rings. The third kappa shape index (κ3) is 2.70. The molecular formula is C12H15N3OS2. The first-order chi connectivity index (χ1) is 8.81. The molecule has 0 spiro atoms. The van der Waals surface area contributed by atoms with Gasteiger partial charge in [0.05, 0.1) is 15.6 Å². The van der Waals surface area contributed by atoms with Crippen molar-refractivity contribution < 1.29 is 4.52 Å². The van der Waals surface area contributed by atoms with E-state index in [1.54, 1.807) is 0 Å². The van der Waals surface area contributed by atoms with Crippen LogP contribution in [0.5, 0.6) is 0 Å². The van der Waals surface area contributed by atoms with Crippen molar-refractivity contribution >= 4 is 28.1 Å². The lowest BCUT2D eigenvalue weighted by atomic mass is 10.4. The minimum atomic E-state index is 0.582. The number of hydrogen-bond donors (Lipinski definition) is 1. The molecule has 18 heavy (non-hydrogen) atoms. The number of nitrogens with two attached hydrogens (primary N) is 1. The molecule has 0 aliphatic heterocycles. The zero-order valence-electron chi connectivity index (χ0n) is 9.96. The Balaban J connectivity index is 1.62.